The molecular formula is C18H20BrNO2. The lowest BCUT2D eigenvalue weighted by Crippen LogP contribution is -2.15. The summed E-state index contributed by atoms with van der Waals surface area (Å²) in [5.74, 6) is 0.675. The molecule has 116 valence electrons. The molecule has 0 aliphatic carbocycles. The molecule has 0 heterocycles. The molecule has 22 heavy (non-hydrogen) atoms. The highest BCUT2D eigenvalue weighted by Crippen LogP contribution is 2.24. The summed E-state index contributed by atoms with van der Waals surface area (Å²) in [4.78, 5) is 12.2. The Morgan fingerprint density at radius 3 is 2.59 bits per heavy atom. The van der Waals surface area contributed by atoms with Gasteiger partial charge < -0.3 is 10.1 Å². The van der Waals surface area contributed by atoms with Crippen molar-refractivity contribution in [2.24, 2.45) is 0 Å². The first kappa shape index (κ1) is 16.6. The summed E-state index contributed by atoms with van der Waals surface area (Å²) in [5, 5.41) is 2.92. The van der Waals surface area contributed by atoms with Gasteiger partial charge in [0.1, 0.15) is 5.75 Å². The maximum Gasteiger partial charge on any atom is 0.228 e. The van der Waals surface area contributed by atoms with E-state index in [1.807, 2.05) is 48.5 Å². The van der Waals surface area contributed by atoms with Crippen LogP contribution in [0.4, 0.5) is 5.69 Å². The van der Waals surface area contributed by atoms with E-state index in [4.69, 9.17) is 4.74 Å². The Morgan fingerprint density at radius 2 is 1.86 bits per heavy atom. The Bertz CT molecular complexity index is 611. The maximum absolute atomic E-state index is 12.2. The van der Waals surface area contributed by atoms with Crippen molar-refractivity contribution in [2.45, 2.75) is 26.2 Å². The first-order chi connectivity index (χ1) is 10.7. The molecule has 1 N–H and O–H groups in total. The molecular weight excluding hydrogens is 342 g/mol. The fraction of sp³-hybridized carbons (Fsp3) is 0.278. The van der Waals surface area contributed by atoms with Crippen LogP contribution in [0.15, 0.2) is 53.0 Å². The lowest BCUT2D eigenvalue weighted by Gasteiger charge is -2.12. The van der Waals surface area contributed by atoms with E-state index >= 15 is 0 Å². The van der Waals surface area contributed by atoms with Crippen molar-refractivity contribution in [3.8, 4) is 5.75 Å². The number of hydrogen-bond acceptors (Lipinski definition) is 2. The second kappa shape index (κ2) is 8.59. The van der Waals surface area contributed by atoms with Crippen LogP contribution in [0.25, 0.3) is 0 Å². The predicted octanol–water partition coefficient (Wildman–Crippen LogP) is 4.81. The third-order valence-electron chi connectivity index (χ3n) is 3.19. The maximum atomic E-state index is 12.2. The Labute approximate surface area is 139 Å². The third kappa shape index (κ3) is 5.19. The molecule has 0 bridgehead atoms. The number of carbonyl (C=O) groups excluding carboxylic acids is 1. The number of nitrogens with one attached hydrogen (secondary N) is 1. The van der Waals surface area contributed by atoms with Crippen LogP contribution in [-0.2, 0) is 11.2 Å². The number of benzene rings is 2. The monoisotopic (exact) mass is 361 g/mol. The largest absolute Gasteiger partial charge is 0.491 e. The molecule has 0 aromatic heterocycles. The highest BCUT2D eigenvalue weighted by atomic mass is 79.9. The number of unbranched alkanes of at least 4 members (excludes halogenated alkanes) is 1. The first-order valence-electron chi connectivity index (χ1n) is 7.45. The number of anilines is 1. The number of ether oxygens (including phenoxy) is 1. The molecule has 3 nitrogen and oxygen atoms in total. The number of para-hydroxylation sites is 2. The number of rotatable bonds is 7. The minimum Gasteiger partial charge on any atom is -0.491 e. The van der Waals surface area contributed by atoms with E-state index in [0.29, 0.717) is 13.0 Å². The van der Waals surface area contributed by atoms with Gasteiger partial charge in [0.15, 0.2) is 0 Å². The fourth-order valence-electron chi connectivity index (χ4n) is 2.00. The minimum atomic E-state index is -0.0473. The van der Waals surface area contributed by atoms with Gasteiger partial charge in [-0.3, -0.25) is 4.79 Å². The molecule has 0 aliphatic heterocycles. The van der Waals surface area contributed by atoms with Crippen molar-refractivity contribution >= 4 is 27.5 Å². The molecule has 0 spiro atoms. The van der Waals surface area contributed by atoms with Gasteiger partial charge in [-0.15, -0.1) is 0 Å². The molecule has 0 fully saturated rings. The first-order valence-corrected chi connectivity index (χ1v) is 8.24. The van der Waals surface area contributed by atoms with Gasteiger partial charge in [0, 0.05) is 4.47 Å². The van der Waals surface area contributed by atoms with Crippen molar-refractivity contribution in [3.63, 3.8) is 0 Å². The van der Waals surface area contributed by atoms with Crippen molar-refractivity contribution in [3.05, 3.63) is 58.6 Å². The molecule has 0 unspecified atom stereocenters. The highest BCUT2D eigenvalue weighted by molar-refractivity contribution is 9.10. The zero-order chi connectivity index (χ0) is 15.8. The molecule has 0 saturated carbocycles. The number of hydrogen-bond donors (Lipinski definition) is 1. The topological polar surface area (TPSA) is 38.3 Å². The van der Waals surface area contributed by atoms with E-state index in [9.17, 15) is 4.79 Å². The van der Waals surface area contributed by atoms with Crippen molar-refractivity contribution in [1.82, 2.24) is 0 Å². The van der Waals surface area contributed by atoms with E-state index in [-0.39, 0.29) is 5.91 Å². The smallest absolute Gasteiger partial charge is 0.228 e. The second-order valence-electron chi connectivity index (χ2n) is 5.05. The molecule has 0 atom stereocenters. The van der Waals surface area contributed by atoms with Crippen LogP contribution in [-0.4, -0.2) is 12.5 Å². The van der Waals surface area contributed by atoms with E-state index in [0.717, 1.165) is 34.3 Å². The molecule has 2 aromatic rings. The van der Waals surface area contributed by atoms with E-state index in [1.165, 1.54) is 0 Å². The van der Waals surface area contributed by atoms with Crippen molar-refractivity contribution < 1.29 is 9.53 Å². The molecule has 0 radical (unpaired) electrons. The zero-order valence-electron chi connectivity index (χ0n) is 12.6. The van der Waals surface area contributed by atoms with E-state index < -0.39 is 0 Å². The summed E-state index contributed by atoms with van der Waals surface area (Å²) in [6.45, 7) is 2.78. The predicted molar refractivity (Wildman–Crippen MR) is 93.3 cm³/mol. The van der Waals surface area contributed by atoms with Gasteiger partial charge in [0.25, 0.3) is 0 Å². The lowest BCUT2D eigenvalue weighted by molar-refractivity contribution is -0.115. The van der Waals surface area contributed by atoms with Gasteiger partial charge >= 0.3 is 0 Å². The third-order valence-corrected chi connectivity index (χ3v) is 3.72. The molecule has 2 aromatic carbocycles. The standard InChI is InChI=1S/C18H20BrNO2/c1-2-3-12-22-17-7-5-4-6-16(17)20-18(21)13-14-8-10-15(19)11-9-14/h4-11H,2-3,12-13H2,1H3,(H,20,21). The van der Waals surface area contributed by atoms with Crippen LogP contribution >= 0.6 is 15.9 Å². The van der Waals surface area contributed by atoms with Gasteiger partial charge in [0.2, 0.25) is 5.91 Å². The highest BCUT2D eigenvalue weighted by Gasteiger charge is 2.08. The Kier molecular flexibility index (Phi) is 6.46. The Balaban J connectivity index is 1.97. The average Bonchev–Trinajstić information content (AvgIpc) is 2.51. The molecule has 0 aliphatic rings. The molecule has 2 rings (SSSR count). The summed E-state index contributed by atoms with van der Waals surface area (Å²) >= 11 is 3.39. The van der Waals surface area contributed by atoms with E-state index in [2.05, 4.69) is 28.2 Å². The lowest BCUT2D eigenvalue weighted by atomic mass is 10.1. The van der Waals surface area contributed by atoms with Crippen LogP contribution < -0.4 is 10.1 Å². The summed E-state index contributed by atoms with van der Waals surface area (Å²) in [7, 11) is 0. The van der Waals surface area contributed by atoms with Gasteiger partial charge in [-0.05, 0) is 36.2 Å². The molecule has 1 amide bonds. The summed E-state index contributed by atoms with van der Waals surface area (Å²) in [6.07, 6.45) is 2.43. The molecule has 4 heteroatoms. The number of halogens is 1. The SMILES string of the molecule is CCCCOc1ccccc1NC(=O)Cc1ccc(Br)cc1. The van der Waals surface area contributed by atoms with Gasteiger partial charge in [-0.1, -0.05) is 53.5 Å². The van der Waals surface area contributed by atoms with Crippen LogP contribution in [0, 0.1) is 0 Å². The van der Waals surface area contributed by atoms with Crippen molar-refractivity contribution in [1.29, 1.82) is 0 Å². The number of amides is 1. The van der Waals surface area contributed by atoms with Crippen LogP contribution in [0.3, 0.4) is 0 Å². The van der Waals surface area contributed by atoms with Gasteiger partial charge in [-0.2, -0.15) is 0 Å². The van der Waals surface area contributed by atoms with E-state index in [1.54, 1.807) is 0 Å². The fourth-order valence-corrected chi connectivity index (χ4v) is 2.27. The second-order valence-corrected chi connectivity index (χ2v) is 5.97. The number of carbonyl (C=O) groups is 1. The molecule has 0 saturated heterocycles. The quantitative estimate of drug-likeness (QED) is 0.718. The zero-order valence-corrected chi connectivity index (χ0v) is 14.2. The van der Waals surface area contributed by atoms with Crippen molar-refractivity contribution in [2.75, 3.05) is 11.9 Å². The Hall–Kier alpha value is -1.81. The normalized spacial score (nSPS) is 10.3. The average molecular weight is 362 g/mol. The van der Waals surface area contributed by atoms with Crippen LogP contribution in [0.2, 0.25) is 0 Å². The summed E-state index contributed by atoms with van der Waals surface area (Å²) in [5.41, 5.74) is 1.70. The summed E-state index contributed by atoms with van der Waals surface area (Å²) in [6, 6.07) is 15.3. The Morgan fingerprint density at radius 1 is 1.14 bits per heavy atom. The van der Waals surface area contributed by atoms with Crippen LogP contribution in [0.5, 0.6) is 5.75 Å². The van der Waals surface area contributed by atoms with Gasteiger partial charge in [-0.25, -0.2) is 0 Å². The minimum absolute atomic E-state index is 0.0473. The van der Waals surface area contributed by atoms with Crippen LogP contribution in [0.1, 0.15) is 25.3 Å². The summed E-state index contributed by atoms with van der Waals surface area (Å²) < 4.78 is 6.73. The van der Waals surface area contributed by atoms with Gasteiger partial charge in [0.05, 0.1) is 18.7 Å².